The molecule has 0 saturated carbocycles. The van der Waals surface area contributed by atoms with Gasteiger partial charge in [0.1, 0.15) is 0 Å². The standard InChI is InChI=1S/C13H14ClFN4O.ClH/c1-2-10(17)8-3-4-9(14)12(11(8)15)20-13-18-5-7(16)6-19-13;/h3-6,10H,2,16-17H2,1H3;1H/t10-;/m1./s1. The first-order valence-corrected chi connectivity index (χ1v) is 6.39. The SMILES string of the molecule is CC[C@@H](N)c1ccc(Cl)c(Oc2ncc(N)cn2)c1F.Cl. The van der Waals surface area contributed by atoms with Crippen molar-refractivity contribution < 1.29 is 9.13 Å². The van der Waals surface area contributed by atoms with Crippen LogP contribution in [-0.4, -0.2) is 9.97 Å². The summed E-state index contributed by atoms with van der Waals surface area (Å²) in [5.41, 5.74) is 12.0. The van der Waals surface area contributed by atoms with E-state index in [0.29, 0.717) is 17.7 Å². The van der Waals surface area contributed by atoms with E-state index in [1.807, 2.05) is 6.92 Å². The molecule has 114 valence electrons. The summed E-state index contributed by atoms with van der Waals surface area (Å²) in [5.74, 6) is -0.745. The van der Waals surface area contributed by atoms with Crippen LogP contribution in [0, 0.1) is 5.82 Å². The van der Waals surface area contributed by atoms with Crippen molar-refractivity contribution in [2.75, 3.05) is 5.73 Å². The van der Waals surface area contributed by atoms with Crippen LogP contribution in [0.15, 0.2) is 24.5 Å². The van der Waals surface area contributed by atoms with Gasteiger partial charge in [-0.05, 0) is 12.5 Å². The number of nitrogens with zero attached hydrogens (tertiary/aromatic N) is 2. The number of halogens is 3. The molecule has 0 amide bonds. The number of benzene rings is 1. The largest absolute Gasteiger partial charge is 0.420 e. The maximum absolute atomic E-state index is 14.4. The van der Waals surface area contributed by atoms with Crippen molar-refractivity contribution in [1.29, 1.82) is 0 Å². The van der Waals surface area contributed by atoms with Gasteiger partial charge in [-0.2, -0.15) is 0 Å². The summed E-state index contributed by atoms with van der Waals surface area (Å²) in [6, 6.07) is 2.61. The Kier molecular flexibility index (Phi) is 6.14. The molecule has 1 aromatic heterocycles. The first kappa shape index (κ1) is 17.4. The average molecular weight is 333 g/mol. The van der Waals surface area contributed by atoms with E-state index in [1.54, 1.807) is 6.07 Å². The van der Waals surface area contributed by atoms with Gasteiger partial charge in [0.15, 0.2) is 11.6 Å². The summed E-state index contributed by atoms with van der Waals surface area (Å²) in [6.07, 6.45) is 3.31. The van der Waals surface area contributed by atoms with Crippen LogP contribution < -0.4 is 16.2 Å². The number of aromatic nitrogens is 2. The Morgan fingerprint density at radius 2 is 1.95 bits per heavy atom. The van der Waals surface area contributed by atoms with Crippen molar-refractivity contribution in [3.63, 3.8) is 0 Å². The highest BCUT2D eigenvalue weighted by atomic mass is 35.5. The number of nitrogen functional groups attached to an aromatic ring is 1. The average Bonchev–Trinajstić information content (AvgIpc) is 2.45. The zero-order chi connectivity index (χ0) is 14.7. The Balaban J connectivity index is 0.00000220. The maximum atomic E-state index is 14.4. The molecule has 0 spiro atoms. The van der Waals surface area contributed by atoms with Crippen LogP contribution in [0.3, 0.4) is 0 Å². The number of rotatable bonds is 4. The van der Waals surface area contributed by atoms with Gasteiger partial charge in [-0.3, -0.25) is 0 Å². The van der Waals surface area contributed by atoms with Gasteiger partial charge in [0.25, 0.3) is 0 Å². The molecule has 0 radical (unpaired) electrons. The zero-order valence-corrected chi connectivity index (χ0v) is 12.8. The lowest BCUT2D eigenvalue weighted by Gasteiger charge is -2.14. The molecule has 8 heteroatoms. The van der Waals surface area contributed by atoms with Gasteiger partial charge >= 0.3 is 6.01 Å². The third-order valence-corrected chi connectivity index (χ3v) is 3.06. The summed E-state index contributed by atoms with van der Waals surface area (Å²) < 4.78 is 19.7. The first-order valence-electron chi connectivity index (χ1n) is 6.01. The molecule has 0 fully saturated rings. The predicted octanol–water partition coefficient (Wildman–Crippen LogP) is 3.48. The molecule has 0 aliphatic carbocycles. The van der Waals surface area contributed by atoms with Crippen LogP contribution in [0.2, 0.25) is 5.02 Å². The summed E-state index contributed by atoms with van der Waals surface area (Å²) >= 11 is 5.94. The second-order valence-electron chi connectivity index (χ2n) is 4.20. The van der Waals surface area contributed by atoms with Gasteiger partial charge < -0.3 is 16.2 Å². The van der Waals surface area contributed by atoms with E-state index in [0.717, 1.165) is 0 Å². The molecule has 2 rings (SSSR count). The van der Waals surface area contributed by atoms with E-state index in [1.165, 1.54) is 18.5 Å². The molecule has 0 bridgehead atoms. The van der Waals surface area contributed by atoms with Crippen molar-refractivity contribution in [2.45, 2.75) is 19.4 Å². The maximum Gasteiger partial charge on any atom is 0.322 e. The highest BCUT2D eigenvalue weighted by Gasteiger charge is 2.19. The van der Waals surface area contributed by atoms with Crippen molar-refractivity contribution in [3.8, 4) is 11.8 Å². The number of hydrogen-bond donors (Lipinski definition) is 2. The molecule has 21 heavy (non-hydrogen) atoms. The van der Waals surface area contributed by atoms with Gasteiger partial charge in [-0.15, -0.1) is 12.4 Å². The minimum atomic E-state index is -0.604. The molecular weight excluding hydrogens is 318 g/mol. The summed E-state index contributed by atoms with van der Waals surface area (Å²) in [6.45, 7) is 1.86. The monoisotopic (exact) mass is 332 g/mol. The fourth-order valence-corrected chi connectivity index (χ4v) is 1.80. The fourth-order valence-electron chi connectivity index (χ4n) is 1.62. The van der Waals surface area contributed by atoms with Crippen LogP contribution in [0.4, 0.5) is 10.1 Å². The van der Waals surface area contributed by atoms with E-state index >= 15 is 0 Å². The number of nitrogens with two attached hydrogens (primary N) is 2. The molecule has 1 heterocycles. The second-order valence-corrected chi connectivity index (χ2v) is 4.60. The third-order valence-electron chi connectivity index (χ3n) is 2.76. The molecule has 4 N–H and O–H groups in total. The lowest BCUT2D eigenvalue weighted by molar-refractivity contribution is 0.406. The molecular formula is C13H15Cl2FN4O. The highest BCUT2D eigenvalue weighted by molar-refractivity contribution is 6.32. The van der Waals surface area contributed by atoms with E-state index in [9.17, 15) is 4.39 Å². The van der Waals surface area contributed by atoms with Crippen molar-refractivity contribution >= 4 is 29.7 Å². The smallest absolute Gasteiger partial charge is 0.322 e. The normalized spacial score (nSPS) is 11.6. The fraction of sp³-hybridized carbons (Fsp3) is 0.231. The lowest BCUT2D eigenvalue weighted by atomic mass is 10.0. The Bertz CT molecular complexity index is 610. The van der Waals surface area contributed by atoms with Crippen molar-refractivity contribution in [2.24, 2.45) is 5.73 Å². The minimum Gasteiger partial charge on any atom is -0.420 e. The first-order chi connectivity index (χ1) is 9.52. The van der Waals surface area contributed by atoms with Gasteiger partial charge in [0.05, 0.1) is 23.1 Å². The van der Waals surface area contributed by atoms with E-state index < -0.39 is 11.9 Å². The third kappa shape index (κ3) is 3.93. The van der Waals surface area contributed by atoms with Crippen molar-refractivity contribution in [1.82, 2.24) is 9.97 Å². The van der Waals surface area contributed by atoms with Gasteiger partial charge in [-0.1, -0.05) is 24.6 Å². The zero-order valence-electron chi connectivity index (χ0n) is 11.2. The van der Waals surface area contributed by atoms with Gasteiger partial charge in [-0.25, -0.2) is 14.4 Å². The molecule has 0 aliphatic rings. The lowest BCUT2D eigenvalue weighted by Crippen LogP contribution is -2.11. The van der Waals surface area contributed by atoms with Crippen LogP contribution in [0.25, 0.3) is 0 Å². The predicted molar refractivity (Wildman–Crippen MR) is 82.4 cm³/mol. The Hall–Kier alpha value is -1.63. The van der Waals surface area contributed by atoms with Crippen LogP contribution in [0.1, 0.15) is 24.9 Å². The van der Waals surface area contributed by atoms with Crippen LogP contribution >= 0.6 is 24.0 Å². The summed E-state index contributed by atoms with van der Waals surface area (Å²) in [5, 5.41) is 0.120. The van der Waals surface area contributed by atoms with E-state index in [-0.39, 0.29) is 29.2 Å². The summed E-state index contributed by atoms with van der Waals surface area (Å²) in [4.78, 5) is 7.67. The molecule has 2 aromatic rings. The number of anilines is 1. The number of ether oxygens (including phenoxy) is 1. The Morgan fingerprint density at radius 1 is 1.33 bits per heavy atom. The summed E-state index contributed by atoms with van der Waals surface area (Å²) in [7, 11) is 0. The molecule has 0 aliphatic heterocycles. The number of hydrogen-bond acceptors (Lipinski definition) is 5. The Morgan fingerprint density at radius 3 is 2.52 bits per heavy atom. The minimum absolute atomic E-state index is 0. The van der Waals surface area contributed by atoms with Crippen molar-refractivity contribution in [3.05, 3.63) is 40.9 Å². The molecule has 1 aromatic carbocycles. The topological polar surface area (TPSA) is 87.0 Å². The molecule has 0 unspecified atom stereocenters. The van der Waals surface area contributed by atoms with Crippen LogP contribution in [-0.2, 0) is 0 Å². The van der Waals surface area contributed by atoms with E-state index in [4.69, 9.17) is 27.8 Å². The van der Waals surface area contributed by atoms with Crippen LogP contribution in [0.5, 0.6) is 11.8 Å². The second kappa shape index (κ2) is 7.40. The quantitative estimate of drug-likeness (QED) is 0.894. The molecule has 5 nitrogen and oxygen atoms in total. The highest BCUT2D eigenvalue weighted by Crippen LogP contribution is 2.34. The Labute approximate surface area is 132 Å². The van der Waals surface area contributed by atoms with E-state index in [2.05, 4.69) is 9.97 Å². The van der Waals surface area contributed by atoms with Gasteiger partial charge in [0, 0.05) is 11.6 Å². The molecule has 0 saturated heterocycles. The van der Waals surface area contributed by atoms with Gasteiger partial charge in [0.2, 0.25) is 0 Å². The molecule has 1 atom stereocenters.